The molecule has 3 nitrogen and oxygen atoms in total. The minimum atomic E-state index is -0.534. The normalized spacial score (nSPS) is 12.8. The number of hydrogen-bond donors (Lipinski definition) is 1. The van der Waals surface area contributed by atoms with E-state index in [1.54, 1.807) is 6.07 Å². The van der Waals surface area contributed by atoms with Crippen LogP contribution < -0.4 is 5.73 Å². The van der Waals surface area contributed by atoms with E-state index >= 15 is 0 Å². The van der Waals surface area contributed by atoms with E-state index in [2.05, 4.69) is 0 Å². The number of carbonyl (C=O) groups is 1. The van der Waals surface area contributed by atoms with Gasteiger partial charge in [0.15, 0.2) is 5.78 Å². The highest BCUT2D eigenvalue weighted by atomic mass is 32.1. The van der Waals surface area contributed by atoms with Gasteiger partial charge in [-0.15, -0.1) is 11.3 Å². The summed E-state index contributed by atoms with van der Waals surface area (Å²) in [5, 5.41) is 1.85. The second-order valence-corrected chi connectivity index (χ2v) is 3.35. The van der Waals surface area contributed by atoms with E-state index in [1.165, 1.54) is 18.4 Å². The minimum Gasteiger partial charge on any atom is -0.383 e. The smallest absolute Gasteiger partial charge is 0.191 e. The van der Waals surface area contributed by atoms with Crippen LogP contribution in [-0.2, 0) is 4.74 Å². The molecule has 66 valence electrons. The molecule has 0 bridgehead atoms. The molecule has 0 aliphatic carbocycles. The third-order valence-corrected chi connectivity index (χ3v) is 2.33. The van der Waals surface area contributed by atoms with E-state index in [4.69, 9.17) is 10.5 Å². The van der Waals surface area contributed by atoms with Crippen LogP contribution in [0.5, 0.6) is 0 Å². The van der Waals surface area contributed by atoms with Crippen molar-refractivity contribution in [2.24, 2.45) is 5.73 Å². The molecule has 1 aromatic heterocycles. The molecule has 4 heteroatoms. The van der Waals surface area contributed by atoms with E-state index < -0.39 is 6.04 Å². The Hall–Kier alpha value is -0.710. The van der Waals surface area contributed by atoms with Crippen LogP contribution in [0.1, 0.15) is 9.67 Å². The van der Waals surface area contributed by atoms with Crippen LogP contribution in [0.15, 0.2) is 17.5 Å². The minimum absolute atomic E-state index is 0.0492. The zero-order valence-electron chi connectivity index (χ0n) is 6.82. The Morgan fingerprint density at radius 3 is 3.08 bits per heavy atom. The first-order valence-electron chi connectivity index (χ1n) is 3.58. The number of ether oxygens (including phenoxy) is 1. The fourth-order valence-electron chi connectivity index (χ4n) is 0.857. The molecule has 0 aliphatic heterocycles. The first-order valence-corrected chi connectivity index (χ1v) is 4.46. The lowest BCUT2D eigenvalue weighted by Crippen LogP contribution is -2.34. The second-order valence-electron chi connectivity index (χ2n) is 2.40. The van der Waals surface area contributed by atoms with Gasteiger partial charge >= 0.3 is 0 Å². The molecule has 1 atom stereocenters. The molecule has 1 heterocycles. The summed E-state index contributed by atoms with van der Waals surface area (Å²) in [7, 11) is 1.53. The molecule has 12 heavy (non-hydrogen) atoms. The maximum Gasteiger partial charge on any atom is 0.191 e. The lowest BCUT2D eigenvalue weighted by molar-refractivity contribution is 0.0896. The first-order chi connectivity index (χ1) is 5.75. The Kier molecular flexibility index (Phi) is 3.40. The van der Waals surface area contributed by atoms with E-state index in [0.717, 1.165) is 0 Å². The third-order valence-electron chi connectivity index (χ3n) is 1.45. The number of rotatable bonds is 4. The Bertz CT molecular complexity index is 246. The molecule has 1 unspecified atom stereocenters. The average molecular weight is 185 g/mol. The van der Waals surface area contributed by atoms with Gasteiger partial charge in [-0.25, -0.2) is 0 Å². The van der Waals surface area contributed by atoms with Crippen molar-refractivity contribution in [3.63, 3.8) is 0 Å². The van der Waals surface area contributed by atoms with Gasteiger partial charge in [0.25, 0.3) is 0 Å². The monoisotopic (exact) mass is 185 g/mol. The Labute approximate surface area is 75.1 Å². The van der Waals surface area contributed by atoms with Crippen molar-refractivity contribution in [1.29, 1.82) is 0 Å². The molecule has 0 fully saturated rings. The van der Waals surface area contributed by atoms with Gasteiger partial charge in [0.2, 0.25) is 0 Å². The molecule has 0 aromatic carbocycles. The Balaban J connectivity index is 2.59. The summed E-state index contributed by atoms with van der Waals surface area (Å²) in [5.41, 5.74) is 5.55. The topological polar surface area (TPSA) is 52.3 Å². The highest BCUT2D eigenvalue weighted by Crippen LogP contribution is 2.10. The van der Waals surface area contributed by atoms with Gasteiger partial charge in [-0.1, -0.05) is 6.07 Å². The third kappa shape index (κ3) is 2.14. The van der Waals surface area contributed by atoms with Crippen LogP contribution in [0.25, 0.3) is 0 Å². The fraction of sp³-hybridized carbons (Fsp3) is 0.375. The highest BCUT2D eigenvalue weighted by Gasteiger charge is 2.15. The van der Waals surface area contributed by atoms with E-state index in [9.17, 15) is 4.79 Å². The summed E-state index contributed by atoms with van der Waals surface area (Å²) in [6.45, 7) is 0.275. The molecule has 0 saturated carbocycles. The SMILES string of the molecule is COCC(N)C(=O)c1cccs1. The van der Waals surface area contributed by atoms with Crippen LogP contribution in [0, 0.1) is 0 Å². The van der Waals surface area contributed by atoms with Crippen molar-refractivity contribution in [3.8, 4) is 0 Å². The molecule has 1 rings (SSSR count). The Morgan fingerprint density at radius 1 is 1.83 bits per heavy atom. The summed E-state index contributed by atoms with van der Waals surface area (Å²) >= 11 is 1.40. The number of nitrogens with two attached hydrogens (primary N) is 1. The van der Waals surface area contributed by atoms with Crippen molar-refractivity contribution in [1.82, 2.24) is 0 Å². The Morgan fingerprint density at radius 2 is 2.58 bits per heavy atom. The molecule has 0 aliphatic rings. The lowest BCUT2D eigenvalue weighted by atomic mass is 10.2. The zero-order chi connectivity index (χ0) is 8.97. The van der Waals surface area contributed by atoms with Crippen molar-refractivity contribution in [3.05, 3.63) is 22.4 Å². The number of hydrogen-bond acceptors (Lipinski definition) is 4. The van der Waals surface area contributed by atoms with Gasteiger partial charge in [-0.3, -0.25) is 4.79 Å². The number of ketones is 1. The average Bonchev–Trinajstić information content (AvgIpc) is 2.55. The van der Waals surface area contributed by atoms with Crippen LogP contribution in [0.2, 0.25) is 0 Å². The number of carbonyl (C=O) groups excluding carboxylic acids is 1. The highest BCUT2D eigenvalue weighted by molar-refractivity contribution is 7.12. The molecule has 0 spiro atoms. The summed E-state index contributed by atoms with van der Waals surface area (Å²) in [4.78, 5) is 12.1. The van der Waals surface area contributed by atoms with Gasteiger partial charge in [0.1, 0.15) is 0 Å². The molecule has 0 amide bonds. The summed E-state index contributed by atoms with van der Waals surface area (Å²) in [5.74, 6) is -0.0492. The summed E-state index contributed by atoms with van der Waals surface area (Å²) in [6, 6.07) is 3.06. The number of methoxy groups -OCH3 is 1. The van der Waals surface area contributed by atoms with Crippen LogP contribution in [0.3, 0.4) is 0 Å². The fourth-order valence-corrected chi connectivity index (χ4v) is 1.59. The summed E-state index contributed by atoms with van der Waals surface area (Å²) in [6.07, 6.45) is 0. The first kappa shape index (κ1) is 9.38. The van der Waals surface area contributed by atoms with Gasteiger partial charge in [-0.05, 0) is 11.4 Å². The zero-order valence-corrected chi connectivity index (χ0v) is 7.64. The van der Waals surface area contributed by atoms with Crippen LogP contribution >= 0.6 is 11.3 Å². The largest absolute Gasteiger partial charge is 0.383 e. The van der Waals surface area contributed by atoms with Crippen LogP contribution in [-0.4, -0.2) is 25.5 Å². The van der Waals surface area contributed by atoms with Gasteiger partial charge in [0.05, 0.1) is 17.5 Å². The van der Waals surface area contributed by atoms with Crippen LogP contribution in [0.4, 0.5) is 0 Å². The number of thiophene rings is 1. The molecular weight excluding hydrogens is 174 g/mol. The van der Waals surface area contributed by atoms with E-state index in [-0.39, 0.29) is 12.4 Å². The maximum absolute atomic E-state index is 11.4. The standard InChI is InChI=1S/C8H11NO2S/c1-11-5-6(9)8(10)7-3-2-4-12-7/h2-4,6H,5,9H2,1H3. The number of Topliss-reactive ketones (excluding diaryl/α,β-unsaturated/α-hetero) is 1. The predicted octanol–water partition coefficient (Wildman–Crippen LogP) is 0.904. The van der Waals surface area contributed by atoms with E-state index in [1.807, 2.05) is 11.4 Å². The maximum atomic E-state index is 11.4. The van der Waals surface area contributed by atoms with Crippen molar-refractivity contribution in [2.75, 3.05) is 13.7 Å². The van der Waals surface area contributed by atoms with E-state index in [0.29, 0.717) is 4.88 Å². The quantitative estimate of drug-likeness (QED) is 0.709. The molecule has 1 aromatic rings. The van der Waals surface area contributed by atoms with Gasteiger partial charge in [0, 0.05) is 7.11 Å². The lowest BCUT2D eigenvalue weighted by Gasteiger charge is -2.06. The molecule has 2 N–H and O–H groups in total. The molecule has 0 radical (unpaired) electrons. The predicted molar refractivity (Wildman–Crippen MR) is 48.5 cm³/mol. The second kappa shape index (κ2) is 4.35. The van der Waals surface area contributed by atoms with Gasteiger partial charge < -0.3 is 10.5 Å². The molecular formula is C8H11NO2S. The summed E-state index contributed by atoms with van der Waals surface area (Å²) < 4.78 is 4.78. The van der Waals surface area contributed by atoms with Crippen molar-refractivity contribution >= 4 is 17.1 Å². The van der Waals surface area contributed by atoms with Crippen molar-refractivity contribution in [2.45, 2.75) is 6.04 Å². The molecule has 0 saturated heterocycles. The van der Waals surface area contributed by atoms with Gasteiger partial charge in [-0.2, -0.15) is 0 Å². The van der Waals surface area contributed by atoms with Crippen molar-refractivity contribution < 1.29 is 9.53 Å².